The summed E-state index contributed by atoms with van der Waals surface area (Å²) in [6.07, 6.45) is -0.0739. The summed E-state index contributed by atoms with van der Waals surface area (Å²) in [6.45, 7) is 1.57. The van der Waals surface area contributed by atoms with Gasteiger partial charge in [-0.2, -0.15) is 0 Å². The second-order valence-electron chi connectivity index (χ2n) is 4.03. The topological polar surface area (TPSA) is 55.6 Å². The first-order valence-corrected chi connectivity index (χ1v) is 5.91. The van der Waals surface area contributed by atoms with E-state index in [1.807, 2.05) is 24.3 Å². The number of nitrogens with two attached hydrogens (primary N) is 1. The number of hydrogen-bond acceptors (Lipinski definition) is 3. The molecule has 1 aromatic rings. The van der Waals surface area contributed by atoms with E-state index in [2.05, 4.69) is 0 Å². The average Bonchev–Trinajstić information content (AvgIpc) is 2.35. The number of amides is 1. The van der Waals surface area contributed by atoms with Crippen molar-refractivity contribution in [3.63, 3.8) is 0 Å². The summed E-state index contributed by atoms with van der Waals surface area (Å²) in [7, 11) is 0. The molecule has 2 rings (SSSR count). The highest BCUT2D eigenvalue weighted by Gasteiger charge is 2.25. The van der Waals surface area contributed by atoms with E-state index in [1.165, 1.54) is 0 Å². The second kappa shape index (κ2) is 5.49. The number of rotatable bonds is 3. The fourth-order valence-corrected chi connectivity index (χ4v) is 2.00. The first-order chi connectivity index (χ1) is 8.20. The van der Waals surface area contributed by atoms with Crippen LogP contribution in [-0.2, 0) is 16.1 Å². The Morgan fingerprint density at radius 2 is 2.24 bits per heavy atom. The molecule has 1 amide bonds. The number of halogens is 1. The highest BCUT2D eigenvalue weighted by Crippen LogP contribution is 2.18. The molecule has 0 aliphatic carbocycles. The third-order valence-corrected chi connectivity index (χ3v) is 3.17. The van der Waals surface area contributed by atoms with Crippen LogP contribution in [-0.4, -0.2) is 36.6 Å². The predicted molar refractivity (Wildman–Crippen MR) is 65.7 cm³/mol. The van der Waals surface area contributed by atoms with Crippen LogP contribution in [0.15, 0.2) is 24.3 Å². The number of hydrogen-bond donors (Lipinski definition) is 1. The fourth-order valence-electron chi connectivity index (χ4n) is 1.81. The smallest absolute Gasteiger partial charge is 0.248 e. The molecule has 0 radical (unpaired) electrons. The third kappa shape index (κ3) is 2.97. The number of carbonyl (C=O) groups is 1. The average molecular weight is 255 g/mol. The van der Waals surface area contributed by atoms with Crippen LogP contribution in [0.4, 0.5) is 0 Å². The molecule has 5 heteroatoms. The van der Waals surface area contributed by atoms with Gasteiger partial charge in [0.05, 0.1) is 6.10 Å². The molecule has 1 aliphatic heterocycles. The van der Waals surface area contributed by atoms with Gasteiger partial charge in [0.25, 0.3) is 0 Å². The van der Waals surface area contributed by atoms with E-state index < -0.39 is 0 Å². The minimum atomic E-state index is -0.0739. The van der Waals surface area contributed by atoms with Crippen LogP contribution in [0.1, 0.15) is 5.56 Å². The number of carbonyl (C=O) groups excluding carboxylic acids is 1. The van der Waals surface area contributed by atoms with Gasteiger partial charge in [0.2, 0.25) is 5.91 Å². The van der Waals surface area contributed by atoms with Gasteiger partial charge in [-0.25, -0.2) is 0 Å². The fraction of sp³-hybridized carbons (Fsp3) is 0.417. The van der Waals surface area contributed by atoms with Crippen LogP contribution in [0.25, 0.3) is 0 Å². The van der Waals surface area contributed by atoms with E-state index >= 15 is 0 Å². The lowest BCUT2D eigenvalue weighted by Gasteiger charge is -2.32. The quantitative estimate of drug-likeness (QED) is 0.877. The Labute approximate surface area is 105 Å². The molecule has 17 heavy (non-hydrogen) atoms. The van der Waals surface area contributed by atoms with Crippen LogP contribution in [0.3, 0.4) is 0 Å². The molecule has 1 aliphatic rings. The van der Waals surface area contributed by atoms with Crippen molar-refractivity contribution in [2.75, 3.05) is 19.7 Å². The summed E-state index contributed by atoms with van der Waals surface area (Å²) < 4.78 is 5.29. The minimum absolute atomic E-state index is 0.0189. The molecule has 1 fully saturated rings. The maximum absolute atomic E-state index is 11.7. The van der Waals surface area contributed by atoms with Crippen LogP contribution in [0.2, 0.25) is 5.02 Å². The molecule has 1 saturated heterocycles. The van der Waals surface area contributed by atoms with Gasteiger partial charge in [-0.3, -0.25) is 4.79 Å². The molecule has 1 atom stereocenters. The van der Waals surface area contributed by atoms with Crippen molar-refractivity contribution in [3.05, 3.63) is 34.9 Å². The number of ether oxygens (including phenoxy) is 1. The van der Waals surface area contributed by atoms with Crippen LogP contribution < -0.4 is 5.73 Å². The number of morpholine rings is 1. The van der Waals surface area contributed by atoms with Crippen molar-refractivity contribution < 1.29 is 9.53 Å². The highest BCUT2D eigenvalue weighted by atomic mass is 35.5. The number of nitrogens with zero attached hydrogens (tertiary/aromatic N) is 1. The second-order valence-corrected chi connectivity index (χ2v) is 4.44. The summed E-state index contributed by atoms with van der Waals surface area (Å²) in [6, 6.07) is 7.52. The predicted octanol–water partition coefficient (Wildman–Crippen LogP) is 1.03. The largest absolute Gasteiger partial charge is 0.365 e. The van der Waals surface area contributed by atoms with Gasteiger partial charge in [-0.15, -0.1) is 0 Å². The summed E-state index contributed by atoms with van der Waals surface area (Å²) in [5.41, 5.74) is 6.49. The van der Waals surface area contributed by atoms with Crippen LogP contribution >= 0.6 is 11.6 Å². The molecule has 0 saturated carbocycles. The minimum Gasteiger partial charge on any atom is -0.365 e. The van der Waals surface area contributed by atoms with E-state index in [0.717, 1.165) is 5.56 Å². The molecule has 92 valence electrons. The SMILES string of the molecule is NCC1CN(Cc2ccccc2Cl)C(=O)CO1. The lowest BCUT2D eigenvalue weighted by atomic mass is 10.2. The van der Waals surface area contributed by atoms with E-state index in [1.54, 1.807) is 4.90 Å². The van der Waals surface area contributed by atoms with Crippen molar-refractivity contribution in [1.82, 2.24) is 4.90 Å². The molecule has 4 nitrogen and oxygen atoms in total. The lowest BCUT2D eigenvalue weighted by molar-refractivity contribution is -0.149. The van der Waals surface area contributed by atoms with E-state index in [0.29, 0.717) is 24.7 Å². The Morgan fingerprint density at radius 1 is 1.47 bits per heavy atom. The summed E-state index contributed by atoms with van der Waals surface area (Å²) >= 11 is 6.07. The maximum Gasteiger partial charge on any atom is 0.248 e. The standard InChI is InChI=1S/C12H15ClN2O2/c13-11-4-2-1-3-9(11)6-15-7-10(5-14)17-8-12(15)16/h1-4,10H,5-8,14H2. The van der Waals surface area contributed by atoms with Crippen LogP contribution in [0.5, 0.6) is 0 Å². The van der Waals surface area contributed by atoms with Crippen molar-refractivity contribution >= 4 is 17.5 Å². The molecule has 1 heterocycles. The Kier molecular flexibility index (Phi) is 3.99. The molecular weight excluding hydrogens is 240 g/mol. The van der Waals surface area contributed by atoms with Gasteiger partial charge in [-0.1, -0.05) is 29.8 Å². The van der Waals surface area contributed by atoms with Crippen LogP contribution in [0, 0.1) is 0 Å². The zero-order valence-corrected chi connectivity index (χ0v) is 10.2. The van der Waals surface area contributed by atoms with Crippen molar-refractivity contribution in [2.45, 2.75) is 12.6 Å². The summed E-state index contributed by atoms with van der Waals surface area (Å²) in [5.74, 6) is -0.0189. The summed E-state index contributed by atoms with van der Waals surface area (Å²) in [4.78, 5) is 13.4. The van der Waals surface area contributed by atoms with Gasteiger partial charge >= 0.3 is 0 Å². The normalized spacial score (nSPS) is 20.7. The third-order valence-electron chi connectivity index (χ3n) is 2.80. The van der Waals surface area contributed by atoms with Gasteiger partial charge in [0, 0.05) is 24.7 Å². The van der Waals surface area contributed by atoms with Gasteiger partial charge in [-0.05, 0) is 11.6 Å². The maximum atomic E-state index is 11.7. The molecule has 0 spiro atoms. The van der Waals surface area contributed by atoms with E-state index in [-0.39, 0.29) is 18.6 Å². The molecular formula is C12H15ClN2O2. The first kappa shape index (κ1) is 12.4. The van der Waals surface area contributed by atoms with E-state index in [9.17, 15) is 4.79 Å². The zero-order chi connectivity index (χ0) is 12.3. The highest BCUT2D eigenvalue weighted by molar-refractivity contribution is 6.31. The lowest BCUT2D eigenvalue weighted by Crippen LogP contribution is -2.48. The van der Waals surface area contributed by atoms with Gasteiger partial charge in [0.1, 0.15) is 6.61 Å². The Hall–Kier alpha value is -1.10. The molecule has 1 unspecified atom stereocenters. The Morgan fingerprint density at radius 3 is 2.94 bits per heavy atom. The summed E-state index contributed by atoms with van der Waals surface area (Å²) in [5, 5.41) is 0.677. The van der Waals surface area contributed by atoms with Gasteiger partial charge in [0.15, 0.2) is 0 Å². The Balaban J connectivity index is 2.07. The van der Waals surface area contributed by atoms with Crippen molar-refractivity contribution in [3.8, 4) is 0 Å². The molecule has 2 N–H and O–H groups in total. The monoisotopic (exact) mass is 254 g/mol. The van der Waals surface area contributed by atoms with Crippen molar-refractivity contribution in [2.24, 2.45) is 5.73 Å². The van der Waals surface area contributed by atoms with E-state index in [4.69, 9.17) is 22.1 Å². The Bertz CT molecular complexity index is 411. The molecule has 1 aromatic carbocycles. The number of benzene rings is 1. The molecule has 0 bridgehead atoms. The van der Waals surface area contributed by atoms with Gasteiger partial charge < -0.3 is 15.4 Å². The first-order valence-electron chi connectivity index (χ1n) is 5.53. The zero-order valence-electron chi connectivity index (χ0n) is 9.43. The van der Waals surface area contributed by atoms with Crippen molar-refractivity contribution in [1.29, 1.82) is 0 Å². The molecule has 0 aromatic heterocycles.